The number of hydrogen-bond acceptors (Lipinski definition) is 4. The molecule has 8 nitrogen and oxygen atoms in total. The number of carbonyl (C=O) groups is 4. The van der Waals surface area contributed by atoms with E-state index in [0.717, 1.165) is 15.8 Å². The molecular weight excluding hydrogens is 416 g/mol. The lowest BCUT2D eigenvalue weighted by atomic mass is 9.92. The third-order valence-electron chi connectivity index (χ3n) is 4.24. The number of hydrogen-bond donors (Lipinski definition) is 3. The van der Waals surface area contributed by atoms with Crippen LogP contribution in [0.25, 0.3) is 0 Å². The molecule has 146 valence electrons. The normalized spacial score (nSPS) is 19.2. The van der Waals surface area contributed by atoms with Gasteiger partial charge in [-0.2, -0.15) is 0 Å². The lowest BCUT2D eigenvalue weighted by molar-refractivity contribution is -0.134. The van der Waals surface area contributed by atoms with Crippen molar-refractivity contribution in [3.8, 4) is 0 Å². The van der Waals surface area contributed by atoms with E-state index in [-0.39, 0.29) is 0 Å². The van der Waals surface area contributed by atoms with Gasteiger partial charge < -0.3 is 10.6 Å². The lowest BCUT2D eigenvalue weighted by Crippen LogP contribution is -2.47. The summed E-state index contributed by atoms with van der Waals surface area (Å²) in [6.45, 7) is 5.51. The van der Waals surface area contributed by atoms with Crippen molar-refractivity contribution in [2.45, 2.75) is 32.7 Å². The summed E-state index contributed by atoms with van der Waals surface area (Å²) in [6, 6.07) is 5.66. The highest BCUT2D eigenvalue weighted by molar-refractivity contribution is 9.10. The summed E-state index contributed by atoms with van der Waals surface area (Å²) in [7, 11) is 0. The molecule has 3 N–H and O–H groups in total. The molecule has 0 aromatic heterocycles. The van der Waals surface area contributed by atoms with E-state index in [1.165, 1.54) is 0 Å². The molecule has 1 saturated heterocycles. The Kier molecular flexibility index (Phi) is 6.59. The van der Waals surface area contributed by atoms with Gasteiger partial charge in [-0.1, -0.05) is 41.9 Å². The number of urea groups is 2. The summed E-state index contributed by atoms with van der Waals surface area (Å²) < 4.78 is 0.762. The maximum Gasteiger partial charge on any atom is 0.325 e. The highest BCUT2D eigenvalue weighted by Gasteiger charge is 2.49. The third-order valence-corrected chi connectivity index (χ3v) is 4.73. The number of benzene rings is 1. The Labute approximate surface area is 166 Å². The monoisotopic (exact) mass is 438 g/mol. The Hall–Kier alpha value is -2.42. The first-order chi connectivity index (χ1) is 12.6. The average molecular weight is 439 g/mol. The standard InChI is InChI=1S/C18H23BrN4O4/c1-11(2)7-8-20-16(26)21-14(24)10-23-15(25)18(3,22-17(23)27)12-5-4-6-13(19)9-12/h4-6,9,11H,7-8,10H2,1-3H3,(H,22,27)(H2,20,21,24,26). The predicted octanol–water partition coefficient (Wildman–Crippen LogP) is 2.09. The van der Waals surface area contributed by atoms with E-state index < -0.39 is 36.0 Å². The minimum Gasteiger partial charge on any atom is -0.338 e. The van der Waals surface area contributed by atoms with E-state index in [9.17, 15) is 19.2 Å². The number of amides is 6. The van der Waals surface area contributed by atoms with E-state index in [1.54, 1.807) is 31.2 Å². The molecule has 1 aliphatic heterocycles. The van der Waals surface area contributed by atoms with Gasteiger partial charge in [0.05, 0.1) is 0 Å². The van der Waals surface area contributed by atoms with Crippen LogP contribution in [0, 0.1) is 5.92 Å². The van der Waals surface area contributed by atoms with Gasteiger partial charge in [0.1, 0.15) is 12.1 Å². The van der Waals surface area contributed by atoms with Crippen LogP contribution in [-0.4, -0.2) is 41.9 Å². The Balaban J connectivity index is 1.99. The number of carbonyl (C=O) groups excluding carboxylic acids is 4. The average Bonchev–Trinajstić information content (AvgIpc) is 2.79. The van der Waals surface area contributed by atoms with Gasteiger partial charge in [0.2, 0.25) is 5.91 Å². The first-order valence-electron chi connectivity index (χ1n) is 8.61. The highest BCUT2D eigenvalue weighted by Crippen LogP contribution is 2.30. The molecule has 6 amide bonds. The van der Waals surface area contributed by atoms with E-state index in [1.807, 2.05) is 13.8 Å². The van der Waals surface area contributed by atoms with Gasteiger partial charge in [0, 0.05) is 11.0 Å². The zero-order valence-electron chi connectivity index (χ0n) is 15.5. The Morgan fingerprint density at radius 3 is 2.63 bits per heavy atom. The van der Waals surface area contributed by atoms with Crippen molar-refractivity contribution in [1.82, 2.24) is 20.9 Å². The molecule has 27 heavy (non-hydrogen) atoms. The molecule has 1 fully saturated rings. The zero-order valence-corrected chi connectivity index (χ0v) is 17.1. The van der Waals surface area contributed by atoms with Crippen molar-refractivity contribution >= 4 is 39.8 Å². The fourth-order valence-corrected chi connectivity index (χ4v) is 3.06. The maximum absolute atomic E-state index is 12.8. The summed E-state index contributed by atoms with van der Waals surface area (Å²) in [6.07, 6.45) is 0.777. The number of nitrogens with one attached hydrogen (secondary N) is 3. The van der Waals surface area contributed by atoms with Crippen LogP contribution >= 0.6 is 15.9 Å². The molecule has 1 atom stereocenters. The molecule has 9 heteroatoms. The van der Waals surface area contributed by atoms with E-state index >= 15 is 0 Å². The lowest BCUT2D eigenvalue weighted by Gasteiger charge is -2.22. The molecule has 0 bridgehead atoms. The molecule has 0 radical (unpaired) electrons. The largest absolute Gasteiger partial charge is 0.338 e. The van der Waals surface area contributed by atoms with E-state index in [4.69, 9.17) is 0 Å². The van der Waals surface area contributed by atoms with Crippen LogP contribution in [0.15, 0.2) is 28.7 Å². The van der Waals surface area contributed by atoms with Gasteiger partial charge in [0.25, 0.3) is 5.91 Å². The summed E-state index contributed by atoms with van der Waals surface area (Å²) >= 11 is 3.33. The zero-order chi connectivity index (χ0) is 20.2. The Morgan fingerprint density at radius 2 is 2.00 bits per heavy atom. The van der Waals surface area contributed by atoms with Gasteiger partial charge in [-0.05, 0) is 37.0 Å². The maximum atomic E-state index is 12.8. The highest BCUT2D eigenvalue weighted by atomic mass is 79.9. The minimum atomic E-state index is -1.28. The van der Waals surface area contributed by atoms with Crippen LogP contribution in [0.1, 0.15) is 32.8 Å². The van der Waals surface area contributed by atoms with Crippen molar-refractivity contribution in [3.63, 3.8) is 0 Å². The summed E-state index contributed by atoms with van der Waals surface area (Å²) in [5.74, 6) is -0.873. The van der Waals surface area contributed by atoms with Crippen molar-refractivity contribution in [2.75, 3.05) is 13.1 Å². The van der Waals surface area contributed by atoms with E-state index in [0.29, 0.717) is 18.0 Å². The Bertz CT molecular complexity index is 767. The third kappa shape index (κ3) is 5.06. The Morgan fingerprint density at radius 1 is 1.30 bits per heavy atom. The molecule has 1 aromatic carbocycles. The molecule has 0 spiro atoms. The number of rotatable bonds is 6. The molecule has 1 aliphatic rings. The smallest absolute Gasteiger partial charge is 0.325 e. The van der Waals surface area contributed by atoms with Gasteiger partial charge in [0.15, 0.2) is 0 Å². The van der Waals surface area contributed by atoms with Crippen molar-refractivity contribution < 1.29 is 19.2 Å². The molecule has 1 unspecified atom stereocenters. The topological polar surface area (TPSA) is 108 Å². The summed E-state index contributed by atoms with van der Waals surface area (Å²) in [4.78, 5) is 49.5. The van der Waals surface area contributed by atoms with E-state index in [2.05, 4.69) is 31.9 Å². The van der Waals surface area contributed by atoms with Crippen LogP contribution in [0.2, 0.25) is 0 Å². The van der Waals surface area contributed by atoms with Gasteiger partial charge in [-0.25, -0.2) is 9.59 Å². The second-order valence-corrected chi connectivity index (χ2v) is 7.86. The van der Waals surface area contributed by atoms with Gasteiger partial charge in [-0.3, -0.25) is 19.8 Å². The second kappa shape index (κ2) is 8.51. The molecule has 1 heterocycles. The SMILES string of the molecule is CC(C)CCNC(=O)NC(=O)CN1C(=O)NC(C)(c2cccc(Br)c2)C1=O. The van der Waals surface area contributed by atoms with Gasteiger partial charge in [-0.15, -0.1) is 0 Å². The van der Waals surface area contributed by atoms with Gasteiger partial charge >= 0.3 is 12.1 Å². The first-order valence-corrected chi connectivity index (χ1v) is 9.40. The second-order valence-electron chi connectivity index (χ2n) is 6.94. The predicted molar refractivity (Wildman–Crippen MR) is 103 cm³/mol. The minimum absolute atomic E-state index is 0.419. The van der Waals surface area contributed by atoms with Crippen molar-refractivity contribution in [3.05, 3.63) is 34.3 Å². The number of imide groups is 2. The van der Waals surface area contributed by atoms with Crippen LogP contribution < -0.4 is 16.0 Å². The molecule has 0 aliphatic carbocycles. The fourth-order valence-electron chi connectivity index (χ4n) is 2.66. The molecule has 0 saturated carbocycles. The number of halogens is 1. The van der Waals surface area contributed by atoms with Crippen LogP contribution in [0.3, 0.4) is 0 Å². The summed E-state index contributed by atoms with van der Waals surface area (Å²) in [5, 5.41) is 7.30. The van der Waals surface area contributed by atoms with Crippen molar-refractivity contribution in [1.29, 1.82) is 0 Å². The molecular formula is C18H23BrN4O4. The van der Waals surface area contributed by atoms with Crippen LogP contribution in [-0.2, 0) is 15.1 Å². The van der Waals surface area contributed by atoms with Crippen LogP contribution in [0.4, 0.5) is 9.59 Å². The van der Waals surface area contributed by atoms with Crippen LogP contribution in [0.5, 0.6) is 0 Å². The summed E-state index contributed by atoms with van der Waals surface area (Å²) in [5.41, 5.74) is -0.690. The molecule has 2 rings (SSSR count). The van der Waals surface area contributed by atoms with Crippen molar-refractivity contribution in [2.24, 2.45) is 5.92 Å². The quantitative estimate of drug-likeness (QED) is 0.590. The number of nitrogens with zero attached hydrogens (tertiary/aromatic N) is 1. The molecule has 1 aromatic rings. The first kappa shape index (κ1) is 20.9. The fraction of sp³-hybridized carbons (Fsp3) is 0.444.